The third-order valence-corrected chi connectivity index (χ3v) is 5.81. The molecule has 4 N–H and O–H groups in total. The summed E-state index contributed by atoms with van der Waals surface area (Å²) in [5.74, 6) is 0.251. The molecule has 31 heavy (non-hydrogen) atoms. The van der Waals surface area contributed by atoms with Gasteiger partial charge in [0, 0.05) is 17.2 Å². The number of nitrogens with zero attached hydrogens (tertiary/aromatic N) is 1. The van der Waals surface area contributed by atoms with Crippen LogP contribution in [0.2, 0.25) is 0 Å². The van der Waals surface area contributed by atoms with Crippen LogP contribution in [0.25, 0.3) is 0 Å². The predicted molar refractivity (Wildman–Crippen MR) is 122 cm³/mol. The lowest BCUT2D eigenvalue weighted by atomic mass is 9.98. The molecule has 1 aliphatic rings. The fourth-order valence-corrected chi connectivity index (χ4v) is 4.10. The van der Waals surface area contributed by atoms with Gasteiger partial charge in [-0.1, -0.05) is 60.2 Å². The van der Waals surface area contributed by atoms with E-state index >= 15 is 0 Å². The van der Waals surface area contributed by atoms with E-state index in [4.69, 9.17) is 0 Å². The number of quaternary nitrogens is 2. The molecule has 2 amide bonds. The van der Waals surface area contributed by atoms with Crippen molar-refractivity contribution in [2.24, 2.45) is 0 Å². The van der Waals surface area contributed by atoms with E-state index in [1.54, 1.807) is 0 Å². The van der Waals surface area contributed by atoms with Crippen LogP contribution in [0.1, 0.15) is 36.6 Å². The monoisotopic (exact) mass is 424 g/mol. The highest BCUT2D eigenvalue weighted by molar-refractivity contribution is 5.77. The van der Waals surface area contributed by atoms with Crippen LogP contribution < -0.4 is 15.5 Å². The second-order valence-corrected chi connectivity index (χ2v) is 8.77. The lowest BCUT2D eigenvalue weighted by Crippen LogP contribution is -3.16. The van der Waals surface area contributed by atoms with Crippen molar-refractivity contribution >= 4 is 11.8 Å². The average Bonchev–Trinajstić information content (AvgIpc) is 2.75. The van der Waals surface area contributed by atoms with Crippen molar-refractivity contribution in [3.05, 3.63) is 71.3 Å². The fourth-order valence-electron chi connectivity index (χ4n) is 4.10. The molecule has 1 heterocycles. The summed E-state index contributed by atoms with van der Waals surface area (Å²) >= 11 is 0. The van der Waals surface area contributed by atoms with E-state index in [2.05, 4.69) is 54.0 Å². The zero-order chi connectivity index (χ0) is 22.2. The third-order valence-electron chi connectivity index (χ3n) is 5.81. The highest BCUT2D eigenvalue weighted by Gasteiger charge is 2.27. The molecule has 1 fully saturated rings. The molecule has 6 nitrogen and oxygen atoms in total. The second kappa shape index (κ2) is 11.1. The number of benzene rings is 2. The summed E-state index contributed by atoms with van der Waals surface area (Å²) < 4.78 is 0. The minimum atomic E-state index is 0.0851. The van der Waals surface area contributed by atoms with Gasteiger partial charge >= 0.3 is 0 Å². The van der Waals surface area contributed by atoms with Gasteiger partial charge in [0.15, 0.2) is 13.1 Å². The molecule has 1 saturated heterocycles. The largest absolute Gasteiger partial charge is 0.349 e. The molecule has 2 aromatic carbocycles. The van der Waals surface area contributed by atoms with Gasteiger partial charge in [-0.15, -0.1) is 0 Å². The number of nitrogens with two attached hydrogens (primary N) is 1. The number of hydrogen-bond acceptors (Lipinski definition) is 2. The molecule has 0 unspecified atom stereocenters. The molecule has 6 heteroatoms. The molecular formula is C25H36N4O2+2. The average molecular weight is 425 g/mol. The van der Waals surface area contributed by atoms with Gasteiger partial charge in [-0.25, -0.2) is 0 Å². The topological polar surface area (TPSA) is 70.5 Å². The number of piperazine rings is 1. The van der Waals surface area contributed by atoms with Crippen LogP contribution in [0.5, 0.6) is 0 Å². The highest BCUT2D eigenvalue weighted by Crippen LogP contribution is 2.18. The maximum absolute atomic E-state index is 12.9. The van der Waals surface area contributed by atoms with Crippen LogP contribution in [0, 0.1) is 6.92 Å². The summed E-state index contributed by atoms with van der Waals surface area (Å²) in [6, 6.07) is 19.2. The van der Waals surface area contributed by atoms with Crippen LogP contribution in [-0.2, 0) is 9.59 Å². The Balaban J connectivity index is 1.54. The van der Waals surface area contributed by atoms with E-state index in [9.17, 15) is 9.59 Å². The van der Waals surface area contributed by atoms with E-state index in [-0.39, 0.29) is 23.9 Å². The number of nitrogens with one attached hydrogen (secondary N) is 2. The minimum Gasteiger partial charge on any atom is -0.349 e. The number of amides is 2. The van der Waals surface area contributed by atoms with E-state index in [1.165, 1.54) is 21.6 Å². The normalized spacial score (nSPS) is 15.7. The van der Waals surface area contributed by atoms with Gasteiger partial charge in [-0.2, -0.15) is 0 Å². The van der Waals surface area contributed by atoms with Crippen molar-refractivity contribution in [1.82, 2.24) is 10.2 Å². The SMILES string of the molecule is Cc1ccc([C@@H]([NH2+]CC(=O)N2CC[NH+](CC(=O)NC(C)C)CC2)c2ccccc2)cc1. The zero-order valence-corrected chi connectivity index (χ0v) is 18.9. The molecule has 3 rings (SSSR count). The van der Waals surface area contributed by atoms with Gasteiger partial charge in [0.1, 0.15) is 6.04 Å². The Kier molecular flexibility index (Phi) is 8.20. The van der Waals surface area contributed by atoms with Gasteiger partial charge in [-0.05, 0) is 20.8 Å². The minimum absolute atomic E-state index is 0.0851. The molecule has 0 aliphatic carbocycles. The summed E-state index contributed by atoms with van der Waals surface area (Å²) in [6.45, 7) is 9.97. The van der Waals surface area contributed by atoms with E-state index in [1.807, 2.05) is 36.9 Å². The highest BCUT2D eigenvalue weighted by atomic mass is 16.2. The summed E-state index contributed by atoms with van der Waals surface area (Å²) in [4.78, 5) is 28.1. The first-order chi connectivity index (χ1) is 14.9. The van der Waals surface area contributed by atoms with Gasteiger partial charge < -0.3 is 20.4 Å². The molecule has 166 valence electrons. The number of rotatable bonds is 8. The maximum atomic E-state index is 12.9. The van der Waals surface area contributed by atoms with Gasteiger partial charge in [-0.3, -0.25) is 9.59 Å². The first kappa shape index (κ1) is 23.0. The number of aryl methyl sites for hydroxylation is 1. The molecule has 0 bridgehead atoms. The van der Waals surface area contributed by atoms with Gasteiger partial charge in [0.05, 0.1) is 26.2 Å². The summed E-state index contributed by atoms with van der Waals surface area (Å²) in [5, 5.41) is 5.08. The standard InChI is InChI=1S/C25H34N4O2/c1-19(2)27-23(30)18-28-13-15-29(16-14-28)24(31)17-26-25(21-7-5-4-6-8-21)22-11-9-20(3)10-12-22/h4-12,19,25-26H,13-18H2,1-3H3,(H,27,30)/p+2/t25-/m0/s1. The molecule has 2 aromatic rings. The lowest BCUT2D eigenvalue weighted by Gasteiger charge is -2.32. The first-order valence-electron chi connectivity index (χ1n) is 11.3. The molecule has 1 aliphatic heterocycles. The van der Waals surface area contributed by atoms with Crippen molar-refractivity contribution in [2.45, 2.75) is 32.9 Å². The number of carbonyl (C=O) groups excluding carboxylic acids is 2. The second-order valence-electron chi connectivity index (χ2n) is 8.77. The molecule has 1 atom stereocenters. The van der Waals surface area contributed by atoms with Gasteiger partial charge in [0.25, 0.3) is 11.8 Å². The van der Waals surface area contributed by atoms with Crippen LogP contribution in [0.3, 0.4) is 0 Å². The molecule has 0 aromatic heterocycles. The quantitative estimate of drug-likeness (QED) is 0.554. The first-order valence-corrected chi connectivity index (χ1v) is 11.3. The van der Waals surface area contributed by atoms with E-state index in [0.717, 1.165) is 13.1 Å². The Morgan fingerprint density at radius 3 is 2.23 bits per heavy atom. The summed E-state index contributed by atoms with van der Waals surface area (Å²) in [7, 11) is 0. The summed E-state index contributed by atoms with van der Waals surface area (Å²) in [6.07, 6.45) is 0. The molecule has 0 radical (unpaired) electrons. The number of carbonyl (C=O) groups is 2. The Bertz CT molecular complexity index is 844. The fraction of sp³-hybridized carbons (Fsp3) is 0.440. The van der Waals surface area contributed by atoms with Crippen LogP contribution in [0.4, 0.5) is 0 Å². The lowest BCUT2D eigenvalue weighted by molar-refractivity contribution is -0.896. The van der Waals surface area contributed by atoms with Crippen molar-refractivity contribution < 1.29 is 19.8 Å². The van der Waals surface area contributed by atoms with Crippen LogP contribution in [0.15, 0.2) is 54.6 Å². The Morgan fingerprint density at radius 2 is 1.61 bits per heavy atom. The van der Waals surface area contributed by atoms with E-state index in [0.29, 0.717) is 26.2 Å². The maximum Gasteiger partial charge on any atom is 0.278 e. The zero-order valence-electron chi connectivity index (χ0n) is 18.9. The molecular weight excluding hydrogens is 388 g/mol. The Morgan fingerprint density at radius 1 is 1.00 bits per heavy atom. The molecule has 0 saturated carbocycles. The van der Waals surface area contributed by atoms with Crippen molar-refractivity contribution in [2.75, 3.05) is 39.3 Å². The Hall–Kier alpha value is -2.70. The number of hydrogen-bond donors (Lipinski definition) is 3. The third kappa shape index (κ3) is 6.91. The van der Waals surface area contributed by atoms with Crippen molar-refractivity contribution in [1.29, 1.82) is 0 Å². The van der Waals surface area contributed by atoms with Gasteiger partial charge in [0.2, 0.25) is 0 Å². The Labute approximate surface area is 185 Å². The smallest absolute Gasteiger partial charge is 0.278 e. The molecule has 0 spiro atoms. The van der Waals surface area contributed by atoms with Crippen molar-refractivity contribution in [3.8, 4) is 0 Å². The summed E-state index contributed by atoms with van der Waals surface area (Å²) in [5.41, 5.74) is 3.63. The van der Waals surface area contributed by atoms with Crippen molar-refractivity contribution in [3.63, 3.8) is 0 Å². The van der Waals surface area contributed by atoms with Crippen LogP contribution in [-0.4, -0.2) is 62.0 Å². The van der Waals surface area contributed by atoms with E-state index < -0.39 is 0 Å². The van der Waals surface area contributed by atoms with Crippen LogP contribution >= 0.6 is 0 Å². The predicted octanol–water partition coefficient (Wildman–Crippen LogP) is -0.100.